The quantitative estimate of drug-likeness (QED) is 0.329. The van der Waals surface area contributed by atoms with E-state index < -0.39 is 11.2 Å². The smallest absolute Gasteiger partial charge is 0.335 e. The Balaban J connectivity index is 1.65. The number of esters is 2. The fourth-order valence-corrected chi connectivity index (χ4v) is 8.26. The molecule has 6 rings (SSSR count). The van der Waals surface area contributed by atoms with E-state index in [9.17, 15) is 9.59 Å². The Labute approximate surface area is 203 Å². The molecule has 0 spiro atoms. The molecule has 2 heterocycles. The van der Waals surface area contributed by atoms with Gasteiger partial charge in [0.25, 0.3) is 0 Å². The highest BCUT2D eigenvalue weighted by Crippen LogP contribution is 2.66. The molecule has 4 aliphatic carbocycles. The maximum atomic E-state index is 13.2. The Bertz CT molecular complexity index is 1060. The number of allylic oxidation sites excluding steroid dienone is 2. The second-order valence-corrected chi connectivity index (χ2v) is 12.6. The summed E-state index contributed by atoms with van der Waals surface area (Å²) < 4.78 is 12.9. The van der Waals surface area contributed by atoms with Crippen molar-refractivity contribution >= 4 is 11.9 Å². The molecular weight excluding hydrogens is 424 g/mol. The van der Waals surface area contributed by atoms with Gasteiger partial charge in [0, 0.05) is 11.1 Å². The van der Waals surface area contributed by atoms with Gasteiger partial charge in [-0.3, -0.25) is 0 Å². The van der Waals surface area contributed by atoms with E-state index in [4.69, 9.17) is 9.47 Å². The van der Waals surface area contributed by atoms with Crippen LogP contribution in [0.5, 0.6) is 0 Å². The predicted molar refractivity (Wildman–Crippen MR) is 131 cm³/mol. The summed E-state index contributed by atoms with van der Waals surface area (Å²) in [7, 11) is 0. The van der Waals surface area contributed by atoms with Gasteiger partial charge in [-0.05, 0) is 111 Å². The van der Waals surface area contributed by atoms with Crippen LogP contribution in [0.4, 0.5) is 0 Å². The molecule has 0 N–H and O–H groups in total. The third-order valence-corrected chi connectivity index (χ3v) is 11.1. The lowest BCUT2D eigenvalue weighted by Crippen LogP contribution is -2.60. The van der Waals surface area contributed by atoms with E-state index in [1.165, 1.54) is 24.0 Å². The lowest BCUT2D eigenvalue weighted by atomic mass is 9.51. The minimum atomic E-state index is -1.06. The van der Waals surface area contributed by atoms with Crippen LogP contribution in [0.15, 0.2) is 45.6 Å². The van der Waals surface area contributed by atoms with Crippen LogP contribution in [0.2, 0.25) is 0 Å². The SMILES string of the molecule is CC1=C2C[C@@]3(C)C(=C[C@@]2([C@@]24C=C5CCC[C@H](C)[C@@]5(C)CC2=C(C)C(=O)O4)OC1=O)CCC[C@@H]3C. The lowest BCUT2D eigenvalue weighted by molar-refractivity contribution is -0.170. The molecule has 0 amide bonds. The van der Waals surface area contributed by atoms with E-state index in [1.54, 1.807) is 0 Å². The molecule has 2 fully saturated rings. The average Bonchev–Trinajstić information content (AvgIpc) is 3.18. The summed E-state index contributed by atoms with van der Waals surface area (Å²) in [4.78, 5) is 26.5. The Hall–Kier alpha value is -2.10. The van der Waals surface area contributed by atoms with Crippen LogP contribution in [-0.2, 0) is 19.1 Å². The van der Waals surface area contributed by atoms with Gasteiger partial charge in [0.05, 0.1) is 0 Å². The predicted octanol–water partition coefficient (Wildman–Crippen LogP) is 6.52. The summed E-state index contributed by atoms with van der Waals surface area (Å²) in [5, 5.41) is 0. The minimum absolute atomic E-state index is 0.0141. The van der Waals surface area contributed by atoms with Crippen molar-refractivity contribution in [1.29, 1.82) is 0 Å². The topological polar surface area (TPSA) is 52.6 Å². The van der Waals surface area contributed by atoms with E-state index >= 15 is 0 Å². The molecule has 0 radical (unpaired) electrons. The number of rotatable bonds is 1. The zero-order valence-electron chi connectivity index (χ0n) is 21.6. The Morgan fingerprint density at radius 2 is 1.12 bits per heavy atom. The van der Waals surface area contributed by atoms with Crippen molar-refractivity contribution in [1.82, 2.24) is 0 Å². The average molecular weight is 463 g/mol. The molecule has 2 aliphatic heterocycles. The van der Waals surface area contributed by atoms with E-state index in [0.29, 0.717) is 23.0 Å². The first kappa shape index (κ1) is 22.4. The maximum Gasteiger partial charge on any atom is 0.335 e. The molecule has 6 atom stereocenters. The van der Waals surface area contributed by atoms with Gasteiger partial charge in [-0.25, -0.2) is 9.59 Å². The highest BCUT2D eigenvalue weighted by atomic mass is 16.6. The van der Waals surface area contributed by atoms with Crippen LogP contribution in [0.1, 0.15) is 92.9 Å². The van der Waals surface area contributed by atoms with Gasteiger partial charge < -0.3 is 9.47 Å². The monoisotopic (exact) mass is 462 g/mol. The van der Waals surface area contributed by atoms with E-state index in [2.05, 4.69) is 39.8 Å². The van der Waals surface area contributed by atoms with Crippen LogP contribution in [0, 0.1) is 22.7 Å². The number of hydrogen-bond acceptors (Lipinski definition) is 4. The lowest BCUT2D eigenvalue weighted by Gasteiger charge is -2.56. The van der Waals surface area contributed by atoms with Gasteiger partial charge in [-0.1, -0.05) is 38.8 Å². The van der Waals surface area contributed by atoms with Gasteiger partial charge in [-0.2, -0.15) is 0 Å². The number of carbonyl (C=O) groups is 2. The molecule has 0 unspecified atom stereocenters. The molecule has 6 aliphatic rings. The van der Waals surface area contributed by atoms with Crippen LogP contribution in [0.3, 0.4) is 0 Å². The van der Waals surface area contributed by atoms with Crippen molar-refractivity contribution in [3.05, 3.63) is 45.6 Å². The molecule has 34 heavy (non-hydrogen) atoms. The molecule has 0 aromatic carbocycles. The molecule has 0 aromatic rings. The third kappa shape index (κ3) is 2.45. The van der Waals surface area contributed by atoms with E-state index in [1.807, 2.05) is 13.8 Å². The largest absolute Gasteiger partial charge is 0.442 e. The first-order valence-corrected chi connectivity index (χ1v) is 13.3. The summed E-state index contributed by atoms with van der Waals surface area (Å²) in [5.74, 6) is 0.544. The van der Waals surface area contributed by atoms with E-state index in [-0.39, 0.29) is 22.8 Å². The zero-order chi connectivity index (χ0) is 24.3. The molecule has 0 saturated heterocycles. The fraction of sp³-hybridized carbons (Fsp3) is 0.667. The standard InChI is InChI=1S/C30H38O4/c1-17-9-7-11-21-13-29(23(15-27(17,21)5)19(3)25(31)33-29)30-14-22-12-8-10-18(2)28(22,6)16-24(30)20(4)26(32)34-30/h13-14,17-18H,7-12,15-16H2,1-6H3/t17-,18-,27+,28+,29+,30+/m0/s1. The zero-order valence-corrected chi connectivity index (χ0v) is 21.6. The van der Waals surface area contributed by atoms with E-state index in [0.717, 1.165) is 49.7 Å². The van der Waals surface area contributed by atoms with Crippen molar-refractivity contribution in [2.45, 2.75) is 104 Å². The Kier molecular flexibility index (Phi) is 4.45. The Morgan fingerprint density at radius 3 is 1.50 bits per heavy atom. The van der Waals surface area contributed by atoms with Crippen LogP contribution in [0.25, 0.3) is 0 Å². The van der Waals surface area contributed by atoms with Crippen LogP contribution < -0.4 is 0 Å². The van der Waals surface area contributed by atoms with Gasteiger partial charge in [0.1, 0.15) is 0 Å². The fourth-order valence-electron chi connectivity index (χ4n) is 8.26. The van der Waals surface area contributed by atoms with Crippen molar-refractivity contribution in [3.8, 4) is 0 Å². The van der Waals surface area contributed by atoms with Crippen LogP contribution >= 0.6 is 0 Å². The molecule has 182 valence electrons. The Morgan fingerprint density at radius 1 is 0.735 bits per heavy atom. The number of carbonyl (C=O) groups excluding carboxylic acids is 2. The molecule has 4 nitrogen and oxygen atoms in total. The maximum absolute atomic E-state index is 13.2. The summed E-state index contributed by atoms with van der Waals surface area (Å²) in [5.41, 5.74) is 4.12. The second kappa shape index (κ2) is 6.77. The highest BCUT2D eigenvalue weighted by molar-refractivity contribution is 5.97. The van der Waals surface area contributed by atoms with Gasteiger partial charge in [0.2, 0.25) is 0 Å². The van der Waals surface area contributed by atoms with Crippen molar-refractivity contribution < 1.29 is 19.1 Å². The van der Waals surface area contributed by atoms with Crippen LogP contribution in [-0.4, -0.2) is 23.1 Å². The number of fused-ring (bicyclic) bond motifs is 5. The van der Waals surface area contributed by atoms with Crippen molar-refractivity contribution in [3.63, 3.8) is 0 Å². The first-order chi connectivity index (χ1) is 16.0. The highest BCUT2D eigenvalue weighted by Gasteiger charge is 2.70. The molecule has 0 aromatic heterocycles. The third-order valence-electron chi connectivity index (χ3n) is 11.1. The summed E-state index contributed by atoms with van der Waals surface area (Å²) in [6.45, 7) is 13.2. The summed E-state index contributed by atoms with van der Waals surface area (Å²) in [6.07, 6.45) is 12.8. The van der Waals surface area contributed by atoms with Crippen molar-refractivity contribution in [2.75, 3.05) is 0 Å². The number of ether oxygens (including phenoxy) is 2. The van der Waals surface area contributed by atoms with Crippen molar-refractivity contribution in [2.24, 2.45) is 22.7 Å². The summed E-state index contributed by atoms with van der Waals surface area (Å²) in [6, 6.07) is 0. The normalized spacial score (nSPS) is 45.6. The minimum Gasteiger partial charge on any atom is -0.442 e. The summed E-state index contributed by atoms with van der Waals surface area (Å²) >= 11 is 0. The first-order valence-electron chi connectivity index (χ1n) is 13.3. The second-order valence-electron chi connectivity index (χ2n) is 12.6. The van der Waals surface area contributed by atoms with Gasteiger partial charge in [0.15, 0.2) is 11.2 Å². The molecule has 4 heteroatoms. The molecule has 2 saturated carbocycles. The number of hydrogen-bond donors (Lipinski definition) is 0. The molecular formula is C30H38O4. The molecule has 0 bridgehead atoms. The van der Waals surface area contributed by atoms with Gasteiger partial charge >= 0.3 is 11.9 Å². The van der Waals surface area contributed by atoms with Gasteiger partial charge in [-0.15, -0.1) is 0 Å².